The number of hydrogen-bond acceptors (Lipinski definition) is 6. The van der Waals surface area contributed by atoms with Gasteiger partial charge in [-0.05, 0) is 20.8 Å². The van der Waals surface area contributed by atoms with Gasteiger partial charge in [-0.25, -0.2) is 9.78 Å². The van der Waals surface area contributed by atoms with Gasteiger partial charge in [0, 0.05) is 5.38 Å². The summed E-state index contributed by atoms with van der Waals surface area (Å²) in [7, 11) is 0. The van der Waals surface area contributed by atoms with Gasteiger partial charge in [-0.1, -0.05) is 0 Å². The molecule has 0 aromatic carbocycles. The molecule has 0 atom stereocenters. The van der Waals surface area contributed by atoms with Crippen molar-refractivity contribution in [2.75, 3.05) is 6.61 Å². The van der Waals surface area contributed by atoms with Crippen molar-refractivity contribution in [3.63, 3.8) is 0 Å². The van der Waals surface area contributed by atoms with Crippen LogP contribution in [-0.4, -0.2) is 28.6 Å². The molecule has 0 saturated carbocycles. The molecule has 2 heterocycles. The van der Waals surface area contributed by atoms with E-state index in [1.54, 1.807) is 12.3 Å². The molecule has 0 aliphatic carbocycles. The highest BCUT2D eigenvalue weighted by molar-refractivity contribution is 7.17. The van der Waals surface area contributed by atoms with E-state index in [0.717, 1.165) is 0 Å². The van der Waals surface area contributed by atoms with Gasteiger partial charge in [-0.15, -0.1) is 11.3 Å². The lowest BCUT2D eigenvalue weighted by Gasteiger charge is -2.06. The number of carbonyl (C=O) groups excluding carboxylic acids is 1. The van der Waals surface area contributed by atoms with Gasteiger partial charge in [0.15, 0.2) is 0 Å². The van der Waals surface area contributed by atoms with Crippen molar-refractivity contribution in [2.24, 2.45) is 0 Å². The number of hydrogen-bond donors (Lipinski definition) is 1. The van der Waals surface area contributed by atoms with Crippen LogP contribution in [0.2, 0.25) is 0 Å². The minimum atomic E-state index is -0.503. The predicted octanol–water partition coefficient (Wildman–Crippen LogP) is 2.09. The maximum absolute atomic E-state index is 12.1. The van der Waals surface area contributed by atoms with Gasteiger partial charge in [0.25, 0.3) is 5.56 Å². The van der Waals surface area contributed by atoms with E-state index in [1.807, 2.05) is 13.8 Å². The Balaban J connectivity index is 2.38. The maximum atomic E-state index is 12.1. The van der Waals surface area contributed by atoms with E-state index >= 15 is 0 Å². The third kappa shape index (κ3) is 3.05. The molecule has 0 aliphatic heterocycles. The zero-order valence-electron chi connectivity index (χ0n) is 11.6. The summed E-state index contributed by atoms with van der Waals surface area (Å²) in [5, 5.41) is 1.87. The van der Waals surface area contributed by atoms with Crippen molar-refractivity contribution in [3.8, 4) is 0 Å². The molecule has 0 unspecified atom stereocenters. The van der Waals surface area contributed by atoms with Crippen LogP contribution >= 0.6 is 11.3 Å². The van der Waals surface area contributed by atoms with Crippen molar-refractivity contribution < 1.29 is 14.3 Å². The van der Waals surface area contributed by atoms with Crippen LogP contribution in [0.1, 0.15) is 37.0 Å². The minimum Gasteiger partial charge on any atom is -0.462 e. The van der Waals surface area contributed by atoms with E-state index < -0.39 is 5.97 Å². The standard InChI is InChI=1S/C13H16N2O4S/c1-4-18-13(17)8-6-20-12-10(8)11(16)14-9(15-12)5-19-7(2)3/h6-7H,4-5H2,1-3H3,(H,14,15,16). The fraction of sp³-hybridized carbons (Fsp3) is 0.462. The Hall–Kier alpha value is -1.73. The SMILES string of the molecule is CCOC(=O)c1csc2nc(COC(C)C)[nH]c(=O)c12. The Labute approximate surface area is 119 Å². The van der Waals surface area contributed by atoms with Crippen LogP contribution in [0.5, 0.6) is 0 Å². The van der Waals surface area contributed by atoms with E-state index in [-0.39, 0.29) is 35.8 Å². The molecule has 1 N–H and O–H groups in total. The average molecular weight is 296 g/mol. The Bertz CT molecular complexity index is 675. The largest absolute Gasteiger partial charge is 0.462 e. The molecule has 0 radical (unpaired) electrons. The number of thiophene rings is 1. The first-order valence-electron chi connectivity index (χ1n) is 6.32. The van der Waals surface area contributed by atoms with Crippen molar-refractivity contribution in [1.82, 2.24) is 9.97 Å². The topological polar surface area (TPSA) is 81.3 Å². The summed E-state index contributed by atoms with van der Waals surface area (Å²) >= 11 is 1.24. The number of fused-ring (bicyclic) bond motifs is 1. The highest BCUT2D eigenvalue weighted by atomic mass is 32.1. The number of H-pyrrole nitrogens is 1. The Kier molecular flexibility index (Phi) is 4.51. The average Bonchev–Trinajstić information content (AvgIpc) is 2.81. The molecule has 108 valence electrons. The van der Waals surface area contributed by atoms with Crippen LogP contribution in [0, 0.1) is 0 Å². The number of nitrogens with zero attached hydrogens (tertiary/aromatic N) is 1. The first kappa shape index (κ1) is 14.7. The molecule has 0 saturated heterocycles. The second-order valence-corrected chi connectivity index (χ2v) is 5.28. The molecule has 0 aliphatic rings. The number of rotatable bonds is 5. The van der Waals surface area contributed by atoms with Crippen LogP contribution in [0.25, 0.3) is 10.2 Å². The Morgan fingerprint density at radius 1 is 1.50 bits per heavy atom. The molecule has 20 heavy (non-hydrogen) atoms. The maximum Gasteiger partial charge on any atom is 0.339 e. The smallest absolute Gasteiger partial charge is 0.339 e. The second kappa shape index (κ2) is 6.15. The van der Waals surface area contributed by atoms with E-state index in [2.05, 4.69) is 9.97 Å². The molecular weight excluding hydrogens is 280 g/mol. The molecule has 0 fully saturated rings. The van der Waals surface area contributed by atoms with E-state index in [0.29, 0.717) is 10.7 Å². The zero-order chi connectivity index (χ0) is 14.7. The van der Waals surface area contributed by atoms with Crippen molar-refractivity contribution in [1.29, 1.82) is 0 Å². The monoisotopic (exact) mass is 296 g/mol. The lowest BCUT2D eigenvalue weighted by Crippen LogP contribution is -2.16. The molecule has 0 bridgehead atoms. The number of esters is 1. The normalized spacial score (nSPS) is 11.2. The van der Waals surface area contributed by atoms with Crippen LogP contribution < -0.4 is 5.56 Å². The lowest BCUT2D eigenvalue weighted by molar-refractivity contribution is 0.0529. The molecule has 2 aromatic heterocycles. The summed E-state index contributed by atoms with van der Waals surface area (Å²) in [6, 6.07) is 0. The summed E-state index contributed by atoms with van der Waals surface area (Å²) < 4.78 is 10.3. The number of nitrogens with one attached hydrogen (secondary N) is 1. The fourth-order valence-corrected chi connectivity index (χ4v) is 2.59. The van der Waals surface area contributed by atoms with Gasteiger partial charge in [0.1, 0.15) is 17.3 Å². The Morgan fingerprint density at radius 3 is 2.90 bits per heavy atom. The minimum absolute atomic E-state index is 0.0504. The van der Waals surface area contributed by atoms with Gasteiger partial charge in [-0.2, -0.15) is 0 Å². The van der Waals surface area contributed by atoms with Gasteiger partial charge in [0.05, 0.1) is 23.7 Å². The number of ether oxygens (including phenoxy) is 2. The van der Waals surface area contributed by atoms with E-state index in [9.17, 15) is 9.59 Å². The van der Waals surface area contributed by atoms with Crippen molar-refractivity contribution in [3.05, 3.63) is 27.1 Å². The molecule has 0 spiro atoms. The first-order valence-corrected chi connectivity index (χ1v) is 7.20. The molecule has 2 aromatic rings. The summed E-state index contributed by atoms with van der Waals surface area (Å²) in [6.07, 6.45) is 0.0504. The summed E-state index contributed by atoms with van der Waals surface area (Å²) in [6.45, 7) is 6.02. The van der Waals surface area contributed by atoms with Gasteiger partial charge >= 0.3 is 5.97 Å². The summed E-state index contributed by atoms with van der Waals surface area (Å²) in [5.74, 6) is -0.0503. The van der Waals surface area contributed by atoms with E-state index in [4.69, 9.17) is 9.47 Å². The Morgan fingerprint density at radius 2 is 2.25 bits per heavy atom. The van der Waals surface area contributed by atoms with Crippen molar-refractivity contribution >= 4 is 27.5 Å². The first-order chi connectivity index (χ1) is 9.52. The number of aromatic amines is 1. The van der Waals surface area contributed by atoms with Crippen LogP contribution in [0.3, 0.4) is 0 Å². The third-order valence-electron chi connectivity index (χ3n) is 2.54. The van der Waals surface area contributed by atoms with Gasteiger partial charge in [0.2, 0.25) is 0 Å². The highest BCUT2D eigenvalue weighted by Crippen LogP contribution is 2.21. The van der Waals surface area contributed by atoms with Crippen molar-refractivity contribution in [2.45, 2.75) is 33.5 Å². The van der Waals surface area contributed by atoms with Crippen LogP contribution in [0.15, 0.2) is 10.2 Å². The number of aromatic nitrogens is 2. The second-order valence-electron chi connectivity index (χ2n) is 4.42. The molecule has 0 amide bonds. The molecule has 2 rings (SSSR count). The third-order valence-corrected chi connectivity index (χ3v) is 3.41. The lowest BCUT2D eigenvalue weighted by atomic mass is 10.2. The van der Waals surface area contributed by atoms with E-state index in [1.165, 1.54) is 11.3 Å². The van der Waals surface area contributed by atoms with Gasteiger partial charge < -0.3 is 14.5 Å². The van der Waals surface area contributed by atoms with Gasteiger partial charge in [-0.3, -0.25) is 4.79 Å². The predicted molar refractivity (Wildman–Crippen MR) is 76.1 cm³/mol. The quantitative estimate of drug-likeness (QED) is 0.854. The van der Waals surface area contributed by atoms with Crippen LogP contribution in [-0.2, 0) is 16.1 Å². The molecule has 6 nitrogen and oxygen atoms in total. The molecular formula is C13H16N2O4S. The molecule has 7 heteroatoms. The zero-order valence-corrected chi connectivity index (χ0v) is 12.4. The summed E-state index contributed by atoms with van der Waals surface area (Å²) in [5.41, 5.74) is -0.0846. The highest BCUT2D eigenvalue weighted by Gasteiger charge is 2.18. The van der Waals surface area contributed by atoms with Crippen LogP contribution in [0.4, 0.5) is 0 Å². The summed E-state index contributed by atoms with van der Waals surface area (Å²) in [4.78, 5) is 31.3. The number of carbonyl (C=O) groups is 1. The fourth-order valence-electron chi connectivity index (χ4n) is 1.67.